The van der Waals surface area contributed by atoms with E-state index in [0.717, 1.165) is 28.8 Å². The molecule has 1 N–H and O–H groups in total. The summed E-state index contributed by atoms with van der Waals surface area (Å²) in [7, 11) is 0. The minimum absolute atomic E-state index is 0.775. The third-order valence-electron chi connectivity index (χ3n) is 3.15. The summed E-state index contributed by atoms with van der Waals surface area (Å²) >= 11 is 0. The first-order valence-electron chi connectivity index (χ1n) is 7.17. The Morgan fingerprint density at radius 3 is 1.55 bits per heavy atom. The lowest BCUT2D eigenvalue weighted by Gasteiger charge is -2.04. The molecule has 0 unspecified atom stereocenters. The van der Waals surface area contributed by atoms with Gasteiger partial charge in [-0.2, -0.15) is 0 Å². The number of carbonyl (C=O) groups excluding carboxylic acids is 1. The molecule has 22 heavy (non-hydrogen) atoms. The van der Waals surface area contributed by atoms with Crippen molar-refractivity contribution in [2.45, 2.75) is 6.92 Å². The van der Waals surface area contributed by atoms with Crippen LogP contribution in [0, 0.1) is 6.92 Å². The van der Waals surface area contributed by atoms with Crippen LogP contribution in [0.3, 0.4) is 0 Å². The van der Waals surface area contributed by atoms with Crippen molar-refractivity contribution >= 4 is 17.7 Å². The van der Waals surface area contributed by atoms with E-state index in [9.17, 15) is 4.79 Å². The normalized spacial score (nSPS) is 9.32. The van der Waals surface area contributed by atoms with Crippen molar-refractivity contribution in [2.75, 3.05) is 5.32 Å². The largest absolute Gasteiger partial charge is 0.356 e. The standard InChI is InChI=1S/C12H11N.C8H8O/c1-3-7-11(8-4-1)13-12-9-5-2-6-10-12;1-7-4-2-3-5-8(7)6-9/h1-10,13H;2-6H,1H3. The van der Waals surface area contributed by atoms with E-state index in [1.807, 2.05) is 91.9 Å². The van der Waals surface area contributed by atoms with Gasteiger partial charge in [-0.25, -0.2) is 0 Å². The molecule has 0 fully saturated rings. The van der Waals surface area contributed by atoms with E-state index in [4.69, 9.17) is 0 Å². The molecule has 0 aromatic heterocycles. The van der Waals surface area contributed by atoms with Gasteiger partial charge in [0.1, 0.15) is 6.29 Å². The Labute approximate surface area is 131 Å². The second kappa shape index (κ2) is 8.42. The van der Waals surface area contributed by atoms with Gasteiger partial charge in [0.25, 0.3) is 0 Å². The molecule has 0 aliphatic carbocycles. The van der Waals surface area contributed by atoms with Crippen LogP contribution in [0.25, 0.3) is 0 Å². The Hall–Kier alpha value is -2.87. The highest BCUT2D eigenvalue weighted by molar-refractivity contribution is 5.76. The molecule has 0 amide bonds. The molecule has 2 nitrogen and oxygen atoms in total. The molecule has 3 aromatic rings. The van der Waals surface area contributed by atoms with Crippen LogP contribution in [-0.4, -0.2) is 6.29 Å². The molecule has 0 spiro atoms. The van der Waals surface area contributed by atoms with Gasteiger partial charge < -0.3 is 5.32 Å². The molecule has 3 aromatic carbocycles. The number of carbonyl (C=O) groups is 1. The molecule has 0 aliphatic rings. The molecular formula is C20H19NO. The highest BCUT2D eigenvalue weighted by atomic mass is 16.1. The number of nitrogens with one attached hydrogen (secondary N) is 1. The lowest BCUT2D eigenvalue weighted by Crippen LogP contribution is -1.87. The minimum atomic E-state index is 0.775. The lowest BCUT2D eigenvalue weighted by atomic mass is 10.1. The van der Waals surface area contributed by atoms with Crippen LogP contribution >= 0.6 is 0 Å². The van der Waals surface area contributed by atoms with Crippen LogP contribution in [0.5, 0.6) is 0 Å². The average Bonchev–Trinajstić information content (AvgIpc) is 2.58. The topological polar surface area (TPSA) is 29.1 Å². The average molecular weight is 289 g/mol. The number of hydrogen-bond donors (Lipinski definition) is 1. The summed E-state index contributed by atoms with van der Waals surface area (Å²) in [6, 6.07) is 27.8. The summed E-state index contributed by atoms with van der Waals surface area (Å²) in [6.45, 7) is 1.92. The van der Waals surface area contributed by atoms with E-state index in [1.54, 1.807) is 0 Å². The summed E-state index contributed by atoms with van der Waals surface area (Å²) in [4.78, 5) is 10.2. The third-order valence-corrected chi connectivity index (χ3v) is 3.15. The van der Waals surface area contributed by atoms with Crippen LogP contribution in [0.15, 0.2) is 84.9 Å². The van der Waals surface area contributed by atoms with Gasteiger partial charge in [0.2, 0.25) is 0 Å². The quantitative estimate of drug-likeness (QED) is 0.668. The third kappa shape index (κ3) is 4.91. The van der Waals surface area contributed by atoms with Gasteiger partial charge in [-0.1, -0.05) is 60.7 Å². The molecule has 0 aliphatic heterocycles. The molecule has 0 bridgehead atoms. The lowest BCUT2D eigenvalue weighted by molar-refractivity contribution is 0.112. The van der Waals surface area contributed by atoms with Gasteiger partial charge in [-0.05, 0) is 36.8 Å². The first-order chi connectivity index (χ1) is 10.8. The van der Waals surface area contributed by atoms with Gasteiger partial charge in [0, 0.05) is 16.9 Å². The first-order valence-corrected chi connectivity index (χ1v) is 7.17. The van der Waals surface area contributed by atoms with Gasteiger partial charge in [0.05, 0.1) is 0 Å². The van der Waals surface area contributed by atoms with Crippen molar-refractivity contribution < 1.29 is 4.79 Å². The fourth-order valence-electron chi connectivity index (χ4n) is 1.93. The monoisotopic (exact) mass is 289 g/mol. The molecule has 0 heterocycles. The number of benzene rings is 3. The van der Waals surface area contributed by atoms with Crippen molar-refractivity contribution in [3.63, 3.8) is 0 Å². The molecule has 0 radical (unpaired) electrons. The van der Waals surface area contributed by atoms with E-state index in [0.29, 0.717) is 0 Å². The minimum Gasteiger partial charge on any atom is -0.356 e. The summed E-state index contributed by atoms with van der Waals surface area (Å²) in [5.74, 6) is 0. The van der Waals surface area contributed by atoms with E-state index < -0.39 is 0 Å². The van der Waals surface area contributed by atoms with Crippen molar-refractivity contribution in [3.05, 3.63) is 96.1 Å². The summed E-state index contributed by atoms with van der Waals surface area (Å²) in [5.41, 5.74) is 4.05. The van der Waals surface area contributed by atoms with Crippen molar-refractivity contribution in [1.29, 1.82) is 0 Å². The van der Waals surface area contributed by atoms with Gasteiger partial charge in [-0.3, -0.25) is 4.79 Å². The highest BCUT2D eigenvalue weighted by Crippen LogP contribution is 2.14. The Kier molecular flexibility index (Phi) is 5.94. The van der Waals surface area contributed by atoms with Gasteiger partial charge >= 0.3 is 0 Å². The number of anilines is 2. The highest BCUT2D eigenvalue weighted by Gasteiger charge is 1.90. The Balaban J connectivity index is 0.000000172. The molecule has 3 rings (SSSR count). The summed E-state index contributed by atoms with van der Waals surface area (Å²) < 4.78 is 0. The van der Waals surface area contributed by atoms with Crippen LogP contribution in [0.2, 0.25) is 0 Å². The number of hydrogen-bond acceptors (Lipinski definition) is 2. The molecule has 2 heteroatoms. The van der Waals surface area contributed by atoms with Crippen LogP contribution < -0.4 is 5.32 Å². The van der Waals surface area contributed by atoms with Crippen molar-refractivity contribution in [3.8, 4) is 0 Å². The molecule has 0 atom stereocenters. The summed E-state index contributed by atoms with van der Waals surface area (Å²) in [6.07, 6.45) is 0.870. The van der Waals surface area contributed by atoms with E-state index in [2.05, 4.69) is 5.32 Å². The van der Waals surface area contributed by atoms with E-state index in [1.165, 1.54) is 0 Å². The smallest absolute Gasteiger partial charge is 0.150 e. The van der Waals surface area contributed by atoms with Crippen LogP contribution in [0.1, 0.15) is 15.9 Å². The number of rotatable bonds is 3. The zero-order valence-electron chi connectivity index (χ0n) is 12.6. The van der Waals surface area contributed by atoms with Crippen LogP contribution in [0.4, 0.5) is 11.4 Å². The number of para-hydroxylation sites is 2. The van der Waals surface area contributed by atoms with Gasteiger partial charge in [-0.15, -0.1) is 0 Å². The number of aldehydes is 1. The molecular weight excluding hydrogens is 270 g/mol. The maximum absolute atomic E-state index is 10.2. The second-order valence-electron chi connectivity index (χ2n) is 4.83. The Morgan fingerprint density at radius 1 is 0.682 bits per heavy atom. The SMILES string of the molecule is Cc1ccccc1C=O.c1ccc(Nc2ccccc2)cc1. The Morgan fingerprint density at radius 2 is 1.14 bits per heavy atom. The zero-order valence-corrected chi connectivity index (χ0v) is 12.6. The first kappa shape index (κ1) is 15.5. The maximum Gasteiger partial charge on any atom is 0.150 e. The molecule has 0 saturated heterocycles. The second-order valence-corrected chi connectivity index (χ2v) is 4.83. The van der Waals surface area contributed by atoms with Crippen molar-refractivity contribution in [2.24, 2.45) is 0 Å². The van der Waals surface area contributed by atoms with E-state index >= 15 is 0 Å². The predicted molar refractivity (Wildman–Crippen MR) is 92.7 cm³/mol. The predicted octanol–water partition coefficient (Wildman–Crippen LogP) is 5.24. The number of aryl methyl sites for hydroxylation is 1. The maximum atomic E-state index is 10.2. The fourth-order valence-corrected chi connectivity index (χ4v) is 1.93. The van der Waals surface area contributed by atoms with Crippen molar-refractivity contribution in [1.82, 2.24) is 0 Å². The Bertz CT molecular complexity index is 656. The molecule has 110 valence electrons. The summed E-state index contributed by atoms with van der Waals surface area (Å²) in [5, 5.41) is 3.30. The molecule has 0 saturated carbocycles. The van der Waals surface area contributed by atoms with Crippen LogP contribution in [-0.2, 0) is 0 Å². The van der Waals surface area contributed by atoms with E-state index in [-0.39, 0.29) is 0 Å². The zero-order chi connectivity index (χ0) is 15.6. The van der Waals surface area contributed by atoms with Gasteiger partial charge in [0.15, 0.2) is 0 Å². The fraction of sp³-hybridized carbons (Fsp3) is 0.0500.